The molecule has 2 aromatic heterocycles. The summed E-state index contributed by atoms with van der Waals surface area (Å²) >= 11 is 0. The standard InChI is InChI=1S/C25H24N4O3/c1-16-6-9-22-21(11-16)24(31)29(20-8-7-17(2)18(3)12-20)25(32)28(22)15-23(30)27-14-19-5-4-10-26-13-19/h4-13H,14-15H2,1-3H3,(H,27,30). The SMILES string of the molecule is Cc1ccc2c(c1)c(=O)n(-c1ccc(C)c(C)c1)c(=O)n2CC(=O)NCc1cccnc1. The number of amides is 1. The summed E-state index contributed by atoms with van der Waals surface area (Å²) in [5, 5.41) is 3.21. The zero-order valence-corrected chi connectivity index (χ0v) is 18.3. The van der Waals surface area contributed by atoms with E-state index in [2.05, 4.69) is 10.3 Å². The van der Waals surface area contributed by atoms with E-state index in [-0.39, 0.29) is 12.5 Å². The van der Waals surface area contributed by atoms with Crippen LogP contribution in [-0.4, -0.2) is 20.0 Å². The molecular formula is C25H24N4O3. The Bertz CT molecular complexity index is 1440. The Labute approximate surface area is 185 Å². The van der Waals surface area contributed by atoms with Crippen molar-refractivity contribution in [1.29, 1.82) is 0 Å². The highest BCUT2D eigenvalue weighted by Crippen LogP contribution is 2.15. The van der Waals surface area contributed by atoms with E-state index in [9.17, 15) is 14.4 Å². The third kappa shape index (κ3) is 4.09. The number of carbonyl (C=O) groups excluding carboxylic acids is 1. The molecule has 7 heteroatoms. The Balaban J connectivity index is 1.80. The monoisotopic (exact) mass is 428 g/mol. The molecule has 0 unspecified atom stereocenters. The van der Waals surface area contributed by atoms with E-state index in [0.29, 0.717) is 23.1 Å². The van der Waals surface area contributed by atoms with Crippen LogP contribution < -0.4 is 16.6 Å². The van der Waals surface area contributed by atoms with E-state index in [4.69, 9.17) is 0 Å². The highest BCUT2D eigenvalue weighted by molar-refractivity contribution is 5.82. The van der Waals surface area contributed by atoms with Gasteiger partial charge < -0.3 is 5.32 Å². The van der Waals surface area contributed by atoms with Crippen molar-refractivity contribution in [2.45, 2.75) is 33.9 Å². The van der Waals surface area contributed by atoms with Gasteiger partial charge in [0.2, 0.25) is 5.91 Å². The van der Waals surface area contributed by atoms with E-state index in [1.165, 1.54) is 4.57 Å². The predicted molar refractivity (Wildman–Crippen MR) is 124 cm³/mol. The van der Waals surface area contributed by atoms with Gasteiger partial charge in [0.25, 0.3) is 5.56 Å². The van der Waals surface area contributed by atoms with E-state index in [0.717, 1.165) is 26.8 Å². The van der Waals surface area contributed by atoms with Gasteiger partial charge in [-0.2, -0.15) is 0 Å². The summed E-state index contributed by atoms with van der Waals surface area (Å²) in [6.45, 7) is 5.88. The van der Waals surface area contributed by atoms with Crippen molar-refractivity contribution < 1.29 is 4.79 Å². The third-order valence-corrected chi connectivity index (χ3v) is 5.56. The summed E-state index contributed by atoms with van der Waals surface area (Å²) in [6, 6.07) is 14.4. The van der Waals surface area contributed by atoms with Crippen LogP contribution in [0.3, 0.4) is 0 Å². The molecule has 32 heavy (non-hydrogen) atoms. The van der Waals surface area contributed by atoms with Gasteiger partial charge >= 0.3 is 5.69 Å². The molecule has 0 bridgehead atoms. The lowest BCUT2D eigenvalue weighted by Crippen LogP contribution is -2.41. The first-order valence-corrected chi connectivity index (χ1v) is 10.3. The van der Waals surface area contributed by atoms with Crippen LogP contribution in [0.2, 0.25) is 0 Å². The molecule has 0 saturated heterocycles. The van der Waals surface area contributed by atoms with Crippen molar-refractivity contribution in [3.05, 3.63) is 104 Å². The molecule has 2 heterocycles. The molecule has 0 atom stereocenters. The van der Waals surface area contributed by atoms with Crippen LogP contribution in [0, 0.1) is 20.8 Å². The fraction of sp³-hybridized carbons (Fsp3) is 0.200. The highest BCUT2D eigenvalue weighted by Gasteiger charge is 2.17. The molecule has 1 amide bonds. The summed E-state index contributed by atoms with van der Waals surface area (Å²) in [6.07, 6.45) is 3.33. The first-order valence-electron chi connectivity index (χ1n) is 10.3. The maximum Gasteiger partial charge on any atom is 0.336 e. The van der Waals surface area contributed by atoms with Gasteiger partial charge in [-0.1, -0.05) is 23.8 Å². The molecule has 0 saturated carbocycles. The van der Waals surface area contributed by atoms with Crippen molar-refractivity contribution in [3.63, 3.8) is 0 Å². The Morgan fingerprint density at radius 3 is 2.53 bits per heavy atom. The summed E-state index contributed by atoms with van der Waals surface area (Å²) in [4.78, 5) is 43.5. The molecule has 4 rings (SSSR count). The van der Waals surface area contributed by atoms with Gasteiger partial charge in [-0.3, -0.25) is 19.1 Å². The number of aromatic nitrogens is 3. The fourth-order valence-corrected chi connectivity index (χ4v) is 3.64. The van der Waals surface area contributed by atoms with E-state index in [1.807, 2.05) is 45.0 Å². The van der Waals surface area contributed by atoms with Gasteiger partial charge in [-0.15, -0.1) is 0 Å². The number of aryl methyl sites for hydroxylation is 3. The van der Waals surface area contributed by atoms with Crippen molar-refractivity contribution in [2.75, 3.05) is 0 Å². The molecule has 0 spiro atoms. The Morgan fingerprint density at radius 1 is 1.00 bits per heavy atom. The van der Waals surface area contributed by atoms with Crippen LogP contribution in [0.25, 0.3) is 16.6 Å². The fourth-order valence-electron chi connectivity index (χ4n) is 3.64. The number of benzene rings is 2. The minimum atomic E-state index is -0.550. The molecule has 0 radical (unpaired) electrons. The lowest BCUT2D eigenvalue weighted by Gasteiger charge is -2.15. The van der Waals surface area contributed by atoms with Crippen LogP contribution in [0.1, 0.15) is 22.3 Å². The lowest BCUT2D eigenvalue weighted by atomic mass is 10.1. The topological polar surface area (TPSA) is 86.0 Å². The smallest absolute Gasteiger partial charge is 0.336 e. The highest BCUT2D eigenvalue weighted by atomic mass is 16.2. The first-order chi connectivity index (χ1) is 15.3. The predicted octanol–water partition coefficient (Wildman–Crippen LogP) is 2.79. The van der Waals surface area contributed by atoms with Gasteiger partial charge in [0, 0.05) is 18.9 Å². The quantitative estimate of drug-likeness (QED) is 0.530. The van der Waals surface area contributed by atoms with Gasteiger partial charge in [0.05, 0.1) is 16.6 Å². The van der Waals surface area contributed by atoms with Crippen molar-refractivity contribution in [1.82, 2.24) is 19.4 Å². The second kappa shape index (κ2) is 8.63. The Hall–Kier alpha value is -4.00. The summed E-state index contributed by atoms with van der Waals surface area (Å²) in [7, 11) is 0. The second-order valence-electron chi connectivity index (χ2n) is 7.94. The molecule has 0 aliphatic heterocycles. The number of nitrogens with one attached hydrogen (secondary N) is 1. The van der Waals surface area contributed by atoms with Crippen LogP contribution in [0.5, 0.6) is 0 Å². The minimum absolute atomic E-state index is 0.205. The number of carbonyl (C=O) groups is 1. The van der Waals surface area contributed by atoms with Crippen LogP contribution in [0.15, 0.2) is 70.5 Å². The number of hydrogen-bond donors (Lipinski definition) is 1. The number of pyridine rings is 1. The van der Waals surface area contributed by atoms with E-state index in [1.54, 1.807) is 36.7 Å². The summed E-state index contributed by atoms with van der Waals surface area (Å²) in [5.74, 6) is -0.330. The number of nitrogens with zero attached hydrogens (tertiary/aromatic N) is 3. The maximum atomic E-state index is 13.4. The largest absolute Gasteiger partial charge is 0.350 e. The Kier molecular flexibility index (Phi) is 5.73. The molecular weight excluding hydrogens is 404 g/mol. The molecule has 0 fully saturated rings. The van der Waals surface area contributed by atoms with Crippen molar-refractivity contribution >= 4 is 16.8 Å². The second-order valence-corrected chi connectivity index (χ2v) is 7.94. The van der Waals surface area contributed by atoms with Crippen molar-refractivity contribution in [3.8, 4) is 5.69 Å². The summed E-state index contributed by atoms with van der Waals surface area (Å²) < 4.78 is 2.49. The zero-order valence-electron chi connectivity index (χ0n) is 18.3. The molecule has 4 aromatic rings. The van der Waals surface area contributed by atoms with E-state index >= 15 is 0 Å². The molecule has 0 aliphatic carbocycles. The average Bonchev–Trinajstić information content (AvgIpc) is 2.78. The van der Waals surface area contributed by atoms with Gasteiger partial charge in [0.15, 0.2) is 0 Å². The number of hydrogen-bond acceptors (Lipinski definition) is 4. The van der Waals surface area contributed by atoms with Crippen LogP contribution in [0.4, 0.5) is 0 Å². The van der Waals surface area contributed by atoms with Crippen molar-refractivity contribution in [2.24, 2.45) is 0 Å². The molecule has 0 aliphatic rings. The number of rotatable bonds is 5. The molecule has 7 nitrogen and oxygen atoms in total. The molecule has 162 valence electrons. The van der Waals surface area contributed by atoms with Gasteiger partial charge in [0.1, 0.15) is 6.54 Å². The normalized spacial score (nSPS) is 11.0. The van der Waals surface area contributed by atoms with Gasteiger partial charge in [-0.05, 0) is 67.8 Å². The van der Waals surface area contributed by atoms with Gasteiger partial charge in [-0.25, -0.2) is 9.36 Å². The first kappa shape index (κ1) is 21.2. The Morgan fingerprint density at radius 2 is 1.81 bits per heavy atom. The molecule has 1 N–H and O–H groups in total. The van der Waals surface area contributed by atoms with E-state index < -0.39 is 11.2 Å². The zero-order chi connectivity index (χ0) is 22.8. The third-order valence-electron chi connectivity index (χ3n) is 5.56. The minimum Gasteiger partial charge on any atom is -0.350 e. The van der Waals surface area contributed by atoms with Crippen LogP contribution in [-0.2, 0) is 17.9 Å². The molecule has 2 aromatic carbocycles. The summed E-state index contributed by atoms with van der Waals surface area (Å²) in [5.41, 5.74) is 3.75. The number of fused-ring (bicyclic) bond motifs is 1. The lowest BCUT2D eigenvalue weighted by molar-refractivity contribution is -0.121. The maximum absolute atomic E-state index is 13.4. The average molecular weight is 428 g/mol. The van der Waals surface area contributed by atoms with Crippen LogP contribution >= 0.6 is 0 Å².